The minimum Gasteiger partial charge on any atom is -0.384 e. The molecule has 1 aromatic rings. The van der Waals surface area contributed by atoms with Gasteiger partial charge in [0.2, 0.25) is 0 Å². The molecule has 15 heavy (non-hydrogen) atoms. The average molecular weight is 212 g/mol. The van der Waals surface area contributed by atoms with Crippen molar-refractivity contribution in [3.8, 4) is 0 Å². The van der Waals surface area contributed by atoms with Crippen molar-refractivity contribution in [1.82, 2.24) is 9.78 Å². The van der Waals surface area contributed by atoms with Crippen molar-refractivity contribution in [1.29, 1.82) is 0 Å². The molecule has 4 nitrogen and oxygen atoms in total. The van der Waals surface area contributed by atoms with Crippen LogP contribution in [0.25, 0.3) is 0 Å². The predicted molar refractivity (Wildman–Crippen MR) is 58.5 cm³/mol. The molecule has 0 fully saturated rings. The van der Waals surface area contributed by atoms with Crippen LogP contribution >= 0.6 is 0 Å². The standard InChI is InChI=1S/C11H20N2O2/c1-5-11(6-2,15-4)10(14)9-7-8-13(3)12-9/h7-8,10,14H,5-6H2,1-4H3. The second-order valence-corrected chi connectivity index (χ2v) is 3.79. The summed E-state index contributed by atoms with van der Waals surface area (Å²) in [4.78, 5) is 0. The van der Waals surface area contributed by atoms with Gasteiger partial charge >= 0.3 is 0 Å². The molecule has 1 atom stereocenters. The van der Waals surface area contributed by atoms with Crippen LogP contribution in [0.4, 0.5) is 0 Å². The van der Waals surface area contributed by atoms with Crippen molar-refractivity contribution in [2.24, 2.45) is 7.05 Å². The maximum atomic E-state index is 10.2. The van der Waals surface area contributed by atoms with Crippen LogP contribution in [-0.4, -0.2) is 27.6 Å². The van der Waals surface area contributed by atoms with E-state index in [0.717, 1.165) is 12.8 Å². The molecule has 0 radical (unpaired) electrons. The molecule has 0 saturated heterocycles. The van der Waals surface area contributed by atoms with Crippen molar-refractivity contribution in [3.05, 3.63) is 18.0 Å². The normalized spacial score (nSPS) is 14.2. The predicted octanol–water partition coefficient (Wildman–Crippen LogP) is 1.66. The van der Waals surface area contributed by atoms with Gasteiger partial charge in [-0.1, -0.05) is 13.8 Å². The Morgan fingerprint density at radius 3 is 2.47 bits per heavy atom. The Hall–Kier alpha value is -0.870. The summed E-state index contributed by atoms with van der Waals surface area (Å²) < 4.78 is 7.15. The fourth-order valence-corrected chi connectivity index (χ4v) is 1.89. The van der Waals surface area contributed by atoms with Gasteiger partial charge in [0.1, 0.15) is 6.10 Å². The van der Waals surface area contributed by atoms with E-state index in [2.05, 4.69) is 5.10 Å². The topological polar surface area (TPSA) is 47.3 Å². The fourth-order valence-electron chi connectivity index (χ4n) is 1.89. The Bertz CT molecular complexity index is 297. The van der Waals surface area contributed by atoms with E-state index in [1.165, 1.54) is 0 Å². The lowest BCUT2D eigenvalue weighted by molar-refractivity contribution is -0.111. The van der Waals surface area contributed by atoms with Gasteiger partial charge in [0.15, 0.2) is 0 Å². The fraction of sp³-hybridized carbons (Fsp3) is 0.727. The number of hydrogen-bond donors (Lipinski definition) is 1. The number of hydrogen-bond acceptors (Lipinski definition) is 3. The zero-order valence-electron chi connectivity index (χ0n) is 9.90. The van der Waals surface area contributed by atoms with Crippen LogP contribution in [0, 0.1) is 0 Å². The number of ether oxygens (including phenoxy) is 1. The Balaban J connectivity index is 2.94. The van der Waals surface area contributed by atoms with Crippen LogP contribution in [0.15, 0.2) is 12.3 Å². The zero-order chi connectivity index (χ0) is 11.5. The monoisotopic (exact) mass is 212 g/mol. The number of nitrogens with zero attached hydrogens (tertiary/aromatic N) is 2. The van der Waals surface area contributed by atoms with E-state index >= 15 is 0 Å². The smallest absolute Gasteiger partial charge is 0.127 e. The van der Waals surface area contributed by atoms with E-state index in [1.54, 1.807) is 11.8 Å². The van der Waals surface area contributed by atoms with E-state index in [0.29, 0.717) is 5.69 Å². The van der Waals surface area contributed by atoms with E-state index in [1.807, 2.05) is 33.2 Å². The lowest BCUT2D eigenvalue weighted by atomic mass is 9.88. The number of aryl methyl sites for hydroxylation is 1. The molecular weight excluding hydrogens is 192 g/mol. The maximum Gasteiger partial charge on any atom is 0.127 e. The molecule has 86 valence electrons. The second-order valence-electron chi connectivity index (χ2n) is 3.79. The minimum atomic E-state index is -0.668. The lowest BCUT2D eigenvalue weighted by Crippen LogP contribution is -2.37. The molecule has 0 aliphatic rings. The van der Waals surface area contributed by atoms with Crippen LogP contribution in [0.2, 0.25) is 0 Å². The molecule has 0 bridgehead atoms. The van der Waals surface area contributed by atoms with Gasteiger partial charge in [-0.15, -0.1) is 0 Å². The van der Waals surface area contributed by atoms with Crippen molar-refractivity contribution >= 4 is 0 Å². The summed E-state index contributed by atoms with van der Waals surface area (Å²) in [7, 11) is 3.47. The average Bonchev–Trinajstić information content (AvgIpc) is 2.68. The third-order valence-corrected chi connectivity index (χ3v) is 3.12. The summed E-state index contributed by atoms with van der Waals surface area (Å²) >= 11 is 0. The van der Waals surface area contributed by atoms with Crippen LogP contribution in [0.3, 0.4) is 0 Å². The molecule has 0 saturated carbocycles. The van der Waals surface area contributed by atoms with E-state index in [4.69, 9.17) is 4.74 Å². The highest BCUT2D eigenvalue weighted by molar-refractivity contribution is 5.08. The first-order valence-corrected chi connectivity index (χ1v) is 5.32. The molecular formula is C11H20N2O2. The molecule has 0 amide bonds. The van der Waals surface area contributed by atoms with Gasteiger partial charge in [-0.2, -0.15) is 5.10 Å². The molecule has 1 aromatic heterocycles. The number of aromatic nitrogens is 2. The first-order chi connectivity index (χ1) is 7.09. The highest BCUT2D eigenvalue weighted by Gasteiger charge is 2.36. The van der Waals surface area contributed by atoms with Crippen molar-refractivity contribution in [2.75, 3.05) is 7.11 Å². The van der Waals surface area contributed by atoms with Gasteiger partial charge in [-0.25, -0.2) is 0 Å². The highest BCUT2D eigenvalue weighted by Crippen LogP contribution is 2.33. The van der Waals surface area contributed by atoms with Crippen LogP contribution < -0.4 is 0 Å². The molecule has 0 aliphatic carbocycles. The zero-order valence-corrected chi connectivity index (χ0v) is 9.90. The van der Waals surface area contributed by atoms with Gasteiger partial charge < -0.3 is 9.84 Å². The van der Waals surface area contributed by atoms with E-state index < -0.39 is 11.7 Å². The van der Waals surface area contributed by atoms with Crippen LogP contribution in [0.5, 0.6) is 0 Å². The molecule has 4 heteroatoms. The Morgan fingerprint density at radius 1 is 1.53 bits per heavy atom. The number of aliphatic hydroxyl groups is 1. The highest BCUT2D eigenvalue weighted by atomic mass is 16.5. The lowest BCUT2D eigenvalue weighted by Gasteiger charge is -2.34. The summed E-state index contributed by atoms with van der Waals surface area (Å²) in [5.41, 5.74) is 0.150. The summed E-state index contributed by atoms with van der Waals surface area (Å²) in [5, 5.41) is 14.5. The van der Waals surface area contributed by atoms with E-state index in [9.17, 15) is 5.11 Å². The number of rotatable bonds is 5. The Kier molecular flexibility index (Phi) is 3.88. The number of aliphatic hydroxyl groups excluding tert-OH is 1. The second kappa shape index (κ2) is 4.77. The largest absolute Gasteiger partial charge is 0.384 e. The third kappa shape index (κ3) is 2.21. The SMILES string of the molecule is CCC(CC)(OC)C(O)c1ccn(C)n1. The molecule has 0 aromatic carbocycles. The van der Waals surface area contributed by atoms with E-state index in [-0.39, 0.29) is 0 Å². The number of methoxy groups -OCH3 is 1. The van der Waals surface area contributed by atoms with Gasteiger partial charge in [0, 0.05) is 20.4 Å². The Morgan fingerprint density at radius 2 is 2.13 bits per heavy atom. The van der Waals surface area contributed by atoms with Crippen molar-refractivity contribution < 1.29 is 9.84 Å². The van der Waals surface area contributed by atoms with Crippen molar-refractivity contribution in [3.63, 3.8) is 0 Å². The summed E-state index contributed by atoms with van der Waals surface area (Å²) in [6.45, 7) is 4.03. The quantitative estimate of drug-likeness (QED) is 0.807. The first kappa shape index (κ1) is 12.2. The molecule has 1 rings (SSSR count). The molecule has 1 N–H and O–H groups in total. The van der Waals surface area contributed by atoms with Gasteiger partial charge in [0.25, 0.3) is 0 Å². The molecule has 0 aliphatic heterocycles. The first-order valence-electron chi connectivity index (χ1n) is 5.32. The van der Waals surface area contributed by atoms with Gasteiger partial charge in [-0.05, 0) is 18.9 Å². The van der Waals surface area contributed by atoms with Crippen molar-refractivity contribution in [2.45, 2.75) is 38.4 Å². The van der Waals surface area contributed by atoms with Gasteiger partial charge in [0.05, 0.1) is 11.3 Å². The maximum absolute atomic E-state index is 10.2. The third-order valence-electron chi connectivity index (χ3n) is 3.12. The summed E-state index contributed by atoms with van der Waals surface area (Å²) in [6.07, 6.45) is 2.68. The summed E-state index contributed by atoms with van der Waals surface area (Å²) in [5.74, 6) is 0. The minimum absolute atomic E-state index is 0.519. The molecule has 1 heterocycles. The summed E-state index contributed by atoms with van der Waals surface area (Å²) in [6, 6.07) is 1.82. The Labute approximate surface area is 90.9 Å². The van der Waals surface area contributed by atoms with Crippen LogP contribution in [-0.2, 0) is 11.8 Å². The molecule has 1 unspecified atom stereocenters. The molecule has 0 spiro atoms. The van der Waals surface area contributed by atoms with Gasteiger partial charge in [-0.3, -0.25) is 4.68 Å². The van der Waals surface area contributed by atoms with Crippen LogP contribution in [0.1, 0.15) is 38.5 Å².